The molecule has 2 heterocycles. The minimum absolute atomic E-state index is 0.345. The molecule has 0 spiro atoms. The number of carbonyl (C=O) groups is 1. The summed E-state index contributed by atoms with van der Waals surface area (Å²) in [5, 5.41) is 0. The van der Waals surface area contributed by atoms with Crippen LogP contribution in [0.2, 0.25) is 0 Å². The van der Waals surface area contributed by atoms with Crippen LogP contribution in [-0.2, 0) is 4.79 Å². The van der Waals surface area contributed by atoms with Crippen molar-refractivity contribution in [2.45, 2.75) is 45.1 Å². The van der Waals surface area contributed by atoms with Crippen molar-refractivity contribution in [3.63, 3.8) is 0 Å². The Kier molecular flexibility index (Phi) is 4.24. The lowest BCUT2D eigenvalue weighted by molar-refractivity contribution is -0.132. The van der Waals surface area contributed by atoms with E-state index in [1.54, 1.807) is 0 Å². The Labute approximate surface area is 103 Å². The largest absolute Gasteiger partial charge is 0.351 e. The number of rotatable bonds is 4. The average Bonchev–Trinajstić information content (AvgIpc) is 2.90. The van der Waals surface area contributed by atoms with Gasteiger partial charge in [0.2, 0.25) is 5.91 Å². The molecule has 0 saturated carbocycles. The van der Waals surface area contributed by atoms with E-state index in [0.29, 0.717) is 11.9 Å². The normalized spacial score (nSPS) is 17.4. The molecule has 1 amide bonds. The van der Waals surface area contributed by atoms with Crippen LogP contribution in [-0.4, -0.2) is 28.5 Å². The number of piperidine rings is 1. The van der Waals surface area contributed by atoms with Crippen molar-refractivity contribution in [1.82, 2.24) is 9.47 Å². The SMILES string of the molecule is CCCCC(=O)N1CCC(n2cccc2)CC1. The third-order valence-corrected chi connectivity index (χ3v) is 3.61. The average molecular weight is 234 g/mol. The predicted octanol–water partition coefficient (Wildman–Crippen LogP) is 2.84. The number of aromatic nitrogens is 1. The molecule has 0 N–H and O–H groups in total. The molecule has 3 nitrogen and oxygen atoms in total. The molecule has 17 heavy (non-hydrogen) atoms. The van der Waals surface area contributed by atoms with Crippen LogP contribution in [0.1, 0.15) is 45.1 Å². The minimum Gasteiger partial charge on any atom is -0.351 e. The van der Waals surface area contributed by atoms with Crippen LogP contribution >= 0.6 is 0 Å². The Balaban J connectivity index is 1.80. The second kappa shape index (κ2) is 5.89. The Bertz CT molecular complexity index is 337. The van der Waals surface area contributed by atoms with Crippen molar-refractivity contribution < 1.29 is 4.79 Å². The summed E-state index contributed by atoms with van der Waals surface area (Å²) in [7, 11) is 0. The monoisotopic (exact) mass is 234 g/mol. The quantitative estimate of drug-likeness (QED) is 0.786. The zero-order chi connectivity index (χ0) is 12.1. The number of hydrogen-bond donors (Lipinski definition) is 0. The van der Waals surface area contributed by atoms with E-state index in [9.17, 15) is 4.79 Å². The molecule has 1 aromatic heterocycles. The summed E-state index contributed by atoms with van der Waals surface area (Å²) in [6.45, 7) is 3.97. The zero-order valence-electron chi connectivity index (χ0n) is 10.6. The molecule has 0 radical (unpaired) electrons. The van der Waals surface area contributed by atoms with E-state index in [-0.39, 0.29) is 0 Å². The summed E-state index contributed by atoms with van der Waals surface area (Å²) in [5.41, 5.74) is 0. The summed E-state index contributed by atoms with van der Waals surface area (Å²) >= 11 is 0. The predicted molar refractivity (Wildman–Crippen MR) is 68.8 cm³/mol. The van der Waals surface area contributed by atoms with Gasteiger partial charge in [-0.25, -0.2) is 0 Å². The molecule has 1 saturated heterocycles. The number of nitrogens with zero attached hydrogens (tertiary/aromatic N) is 2. The van der Waals surface area contributed by atoms with Gasteiger partial charge in [0.25, 0.3) is 0 Å². The van der Waals surface area contributed by atoms with E-state index < -0.39 is 0 Å². The fourth-order valence-electron chi connectivity index (χ4n) is 2.49. The molecular weight excluding hydrogens is 212 g/mol. The van der Waals surface area contributed by atoms with Gasteiger partial charge in [-0.3, -0.25) is 4.79 Å². The highest BCUT2D eigenvalue weighted by molar-refractivity contribution is 5.76. The first kappa shape index (κ1) is 12.2. The van der Waals surface area contributed by atoms with Crippen LogP contribution in [0.3, 0.4) is 0 Å². The Morgan fingerprint density at radius 3 is 2.47 bits per heavy atom. The fraction of sp³-hybridized carbons (Fsp3) is 0.643. The van der Waals surface area contributed by atoms with Gasteiger partial charge in [-0.1, -0.05) is 13.3 Å². The summed E-state index contributed by atoms with van der Waals surface area (Å²) < 4.78 is 2.27. The summed E-state index contributed by atoms with van der Waals surface area (Å²) in [5.74, 6) is 0.345. The molecule has 94 valence electrons. The first-order chi connectivity index (χ1) is 8.31. The van der Waals surface area contributed by atoms with Crippen LogP contribution in [0.25, 0.3) is 0 Å². The summed E-state index contributed by atoms with van der Waals surface area (Å²) in [4.78, 5) is 13.9. The summed E-state index contributed by atoms with van der Waals surface area (Å²) in [6.07, 6.45) is 9.28. The Morgan fingerprint density at radius 2 is 1.88 bits per heavy atom. The van der Waals surface area contributed by atoms with Crippen molar-refractivity contribution >= 4 is 5.91 Å². The van der Waals surface area contributed by atoms with E-state index in [1.165, 1.54) is 0 Å². The van der Waals surface area contributed by atoms with Crippen LogP contribution in [0.4, 0.5) is 0 Å². The zero-order valence-corrected chi connectivity index (χ0v) is 10.6. The Morgan fingerprint density at radius 1 is 1.24 bits per heavy atom. The smallest absolute Gasteiger partial charge is 0.222 e. The van der Waals surface area contributed by atoms with E-state index >= 15 is 0 Å². The van der Waals surface area contributed by atoms with Crippen molar-refractivity contribution in [2.24, 2.45) is 0 Å². The van der Waals surface area contributed by atoms with Crippen molar-refractivity contribution in [1.29, 1.82) is 0 Å². The number of carbonyl (C=O) groups excluding carboxylic acids is 1. The highest BCUT2D eigenvalue weighted by Crippen LogP contribution is 2.22. The minimum atomic E-state index is 0.345. The topological polar surface area (TPSA) is 25.2 Å². The molecule has 1 aliphatic rings. The van der Waals surface area contributed by atoms with Gasteiger partial charge in [-0.15, -0.1) is 0 Å². The third-order valence-electron chi connectivity index (χ3n) is 3.61. The number of amides is 1. The van der Waals surface area contributed by atoms with Crippen molar-refractivity contribution in [3.8, 4) is 0 Å². The van der Waals surface area contributed by atoms with E-state index in [2.05, 4.69) is 36.0 Å². The van der Waals surface area contributed by atoms with Gasteiger partial charge in [0.05, 0.1) is 0 Å². The number of unbranched alkanes of at least 4 members (excludes halogenated alkanes) is 1. The molecule has 1 fully saturated rings. The molecule has 1 aromatic rings. The van der Waals surface area contributed by atoms with E-state index in [4.69, 9.17) is 0 Å². The van der Waals surface area contributed by atoms with Gasteiger partial charge in [-0.2, -0.15) is 0 Å². The van der Waals surface area contributed by atoms with E-state index in [1.807, 2.05) is 4.90 Å². The standard InChI is InChI=1S/C14H22N2O/c1-2-3-6-14(17)16-11-7-13(8-12-16)15-9-4-5-10-15/h4-5,9-10,13H,2-3,6-8,11-12H2,1H3. The van der Waals surface area contributed by atoms with Crippen LogP contribution < -0.4 is 0 Å². The molecular formula is C14H22N2O. The maximum atomic E-state index is 11.9. The first-order valence-electron chi connectivity index (χ1n) is 6.71. The van der Waals surface area contributed by atoms with Crippen LogP contribution in [0.15, 0.2) is 24.5 Å². The molecule has 0 bridgehead atoms. The Hall–Kier alpha value is -1.25. The molecule has 0 aromatic carbocycles. The fourth-order valence-corrected chi connectivity index (χ4v) is 2.49. The lowest BCUT2D eigenvalue weighted by atomic mass is 10.0. The lowest BCUT2D eigenvalue weighted by Crippen LogP contribution is -2.38. The number of likely N-dealkylation sites (tertiary alicyclic amines) is 1. The van der Waals surface area contributed by atoms with Crippen molar-refractivity contribution in [3.05, 3.63) is 24.5 Å². The second-order valence-electron chi connectivity index (χ2n) is 4.85. The van der Waals surface area contributed by atoms with Gasteiger partial charge in [0.1, 0.15) is 0 Å². The molecule has 0 unspecified atom stereocenters. The van der Waals surface area contributed by atoms with Gasteiger partial charge in [-0.05, 0) is 31.4 Å². The summed E-state index contributed by atoms with van der Waals surface area (Å²) in [6, 6.07) is 4.72. The van der Waals surface area contributed by atoms with E-state index in [0.717, 1.165) is 45.2 Å². The molecule has 3 heteroatoms. The van der Waals surface area contributed by atoms with Crippen LogP contribution in [0, 0.1) is 0 Å². The highest BCUT2D eigenvalue weighted by atomic mass is 16.2. The second-order valence-corrected chi connectivity index (χ2v) is 4.85. The van der Waals surface area contributed by atoms with Gasteiger partial charge >= 0.3 is 0 Å². The molecule has 2 rings (SSSR count). The maximum Gasteiger partial charge on any atom is 0.222 e. The highest BCUT2D eigenvalue weighted by Gasteiger charge is 2.22. The van der Waals surface area contributed by atoms with Gasteiger partial charge in [0.15, 0.2) is 0 Å². The third kappa shape index (κ3) is 3.11. The van der Waals surface area contributed by atoms with Crippen molar-refractivity contribution in [2.75, 3.05) is 13.1 Å². The maximum absolute atomic E-state index is 11.9. The van der Waals surface area contributed by atoms with Crippen LogP contribution in [0.5, 0.6) is 0 Å². The van der Waals surface area contributed by atoms with Gasteiger partial charge in [0, 0.05) is 37.9 Å². The lowest BCUT2D eigenvalue weighted by Gasteiger charge is -2.32. The molecule has 1 aliphatic heterocycles. The number of hydrogen-bond acceptors (Lipinski definition) is 1. The molecule has 0 aliphatic carbocycles. The molecule has 0 atom stereocenters. The van der Waals surface area contributed by atoms with Gasteiger partial charge < -0.3 is 9.47 Å². The first-order valence-corrected chi connectivity index (χ1v) is 6.71.